The van der Waals surface area contributed by atoms with Gasteiger partial charge in [-0.3, -0.25) is 23.6 Å². The van der Waals surface area contributed by atoms with Crippen molar-refractivity contribution in [1.29, 1.82) is 0 Å². The SMILES string of the molecule is CC=C(C)C(=O)OC1CCC2(C)C3CCC4C5(O)CC(O)C6(O)C(CN7CC(C)CCC7C6(C)O)C5(O)CC42OC13O.Cl.Cl.O=C1c2c(O)ccc(O)c2C(=O)c2c(NCCNCCO)ccc(NCCNCCO)c21.O=S(=O)(O)O. The van der Waals surface area contributed by atoms with Gasteiger partial charge in [0.25, 0.3) is 0 Å². The van der Waals surface area contributed by atoms with Crippen LogP contribution in [0.15, 0.2) is 35.9 Å². The summed E-state index contributed by atoms with van der Waals surface area (Å²) >= 11 is 0. The lowest BCUT2D eigenvalue weighted by Gasteiger charge is -2.68. The standard InChI is InChI=1S/C32H49NO9.C22H28N4O6.2ClH.H2O4S/c1-6-18(3)25(35)41-24-11-12-26(4)19-8-9-20-28(37)13-23(34)31(39)21(29(28,38)16-30(20,26)42-32(19,24)40)15-33-14-17(2)7-10-22(33)27(31,5)36;27-11-9-23-5-7-25-13-1-2-14(26-8-6-24-10-12-28)18-17(13)21(31)19-15(29)3-4-16(30)20(19)22(18)32;;;1-5(2,3)4/h6,17,19-24,34,36-40H,7-16H2,1-5H3;1-4,23-30H,5-12H2;2*1H;(H2,1,2,3,4). The summed E-state index contributed by atoms with van der Waals surface area (Å²) in [6, 6.07) is 5.35. The number of ether oxygens (including phenoxy) is 2. The molecule has 4 bridgehead atoms. The number of halogens is 2. The minimum absolute atomic E-state index is 0. The molecule has 3 aliphatic heterocycles. The molecular formula is C54H81Cl2N5O19S. The van der Waals surface area contributed by atoms with Gasteiger partial charge in [0.15, 0.2) is 6.10 Å². The van der Waals surface area contributed by atoms with E-state index in [4.69, 9.17) is 37.2 Å². The van der Waals surface area contributed by atoms with Gasteiger partial charge in [0.1, 0.15) is 33.9 Å². The van der Waals surface area contributed by atoms with Crippen LogP contribution in [-0.4, -0.2) is 209 Å². The molecule has 1 spiro atoms. The van der Waals surface area contributed by atoms with E-state index < -0.39 is 97.1 Å². The summed E-state index contributed by atoms with van der Waals surface area (Å²) in [6.07, 6.45) is 2.30. The van der Waals surface area contributed by atoms with E-state index in [-0.39, 0.29) is 97.2 Å². The number of phenolic OH excluding ortho intramolecular Hbond substituents is 2. The number of nitrogens with one attached hydrogen (secondary N) is 4. The maximum absolute atomic E-state index is 13.4. The monoisotopic (exact) mass is 1210 g/mol. The number of carbonyl (C=O) groups excluding carboxylic acids is 3. The third kappa shape index (κ3) is 10.9. The van der Waals surface area contributed by atoms with E-state index in [1.807, 2.05) is 6.92 Å². The van der Waals surface area contributed by atoms with E-state index in [0.717, 1.165) is 6.42 Å². The van der Waals surface area contributed by atoms with Crippen molar-refractivity contribution in [2.45, 2.75) is 138 Å². The molecule has 81 heavy (non-hydrogen) atoms. The second-order valence-electron chi connectivity index (χ2n) is 23.3. The van der Waals surface area contributed by atoms with Crippen molar-refractivity contribution in [3.05, 3.63) is 58.2 Å². The number of anilines is 2. The highest BCUT2D eigenvalue weighted by molar-refractivity contribution is 7.79. The molecule has 456 valence electrons. The predicted molar refractivity (Wildman–Crippen MR) is 298 cm³/mol. The maximum Gasteiger partial charge on any atom is 0.394 e. The molecule has 27 heteroatoms. The number of ketones is 2. The van der Waals surface area contributed by atoms with Crippen molar-refractivity contribution >= 4 is 64.1 Å². The summed E-state index contributed by atoms with van der Waals surface area (Å²) < 4.78 is 44.2. The van der Waals surface area contributed by atoms with Crippen LogP contribution < -0.4 is 21.3 Å². The Bertz CT molecular complexity index is 2750. The van der Waals surface area contributed by atoms with Gasteiger partial charge in [-0.15, -0.1) is 24.8 Å². The van der Waals surface area contributed by atoms with Crippen molar-refractivity contribution in [3.63, 3.8) is 0 Å². The number of aliphatic hydroxyl groups is 8. The van der Waals surface area contributed by atoms with Crippen LogP contribution in [0.1, 0.15) is 118 Å². The summed E-state index contributed by atoms with van der Waals surface area (Å²) in [5, 5.41) is 125. The number of fused-ring (bicyclic) bond motifs is 7. The first-order valence-corrected chi connectivity index (χ1v) is 28.6. The molecule has 14 unspecified atom stereocenters. The van der Waals surface area contributed by atoms with E-state index in [9.17, 15) is 55.2 Å². The maximum atomic E-state index is 13.4. The van der Waals surface area contributed by atoms with Crippen molar-refractivity contribution in [2.75, 3.05) is 76.2 Å². The van der Waals surface area contributed by atoms with Crippen LogP contribution in [0.3, 0.4) is 0 Å². The zero-order chi connectivity index (χ0) is 58.1. The summed E-state index contributed by atoms with van der Waals surface area (Å²) in [4.78, 5) is 41.6. The average molecular weight is 1210 g/mol. The van der Waals surface area contributed by atoms with Crippen LogP contribution >= 0.6 is 24.8 Å². The largest absolute Gasteiger partial charge is 0.507 e. The summed E-state index contributed by atoms with van der Waals surface area (Å²) in [5.41, 5.74) is -8.28. The van der Waals surface area contributed by atoms with Crippen molar-refractivity contribution in [1.82, 2.24) is 15.5 Å². The van der Waals surface area contributed by atoms with E-state index in [0.29, 0.717) is 101 Å². The van der Waals surface area contributed by atoms with Gasteiger partial charge in [-0.1, -0.05) is 19.9 Å². The second kappa shape index (κ2) is 24.3. The summed E-state index contributed by atoms with van der Waals surface area (Å²) in [5.74, 6) is -5.91. The van der Waals surface area contributed by atoms with Crippen LogP contribution in [0.2, 0.25) is 0 Å². The molecule has 14 atom stereocenters. The van der Waals surface area contributed by atoms with Gasteiger partial charge in [0, 0.05) is 111 Å². The molecule has 16 N–H and O–H groups in total. The Morgan fingerprint density at radius 1 is 0.753 bits per heavy atom. The molecule has 4 saturated carbocycles. The van der Waals surface area contributed by atoms with Crippen LogP contribution in [0.5, 0.6) is 11.5 Å². The number of nitrogens with zero attached hydrogens (tertiary/aromatic N) is 1. The Labute approximate surface area is 483 Å². The number of phenols is 2. The van der Waals surface area contributed by atoms with Gasteiger partial charge < -0.3 is 81.8 Å². The number of aromatic hydroxyl groups is 2. The first kappa shape index (κ1) is 66.3. The van der Waals surface area contributed by atoms with Gasteiger partial charge in [-0.05, 0) is 89.5 Å². The molecule has 2 aromatic carbocycles. The summed E-state index contributed by atoms with van der Waals surface area (Å²) in [6.45, 7) is 12.9. The molecule has 0 aromatic heterocycles. The number of hydrogen-bond donors (Lipinski definition) is 16. The highest BCUT2D eigenvalue weighted by atomic mass is 35.5. The fourth-order valence-corrected chi connectivity index (χ4v) is 15.4. The molecule has 2 aromatic rings. The molecule has 8 aliphatic rings. The highest BCUT2D eigenvalue weighted by Gasteiger charge is 2.89. The second-order valence-corrected chi connectivity index (χ2v) is 24.2. The quantitative estimate of drug-likeness (QED) is 0.0352. The number of esters is 1. The Kier molecular flexibility index (Phi) is 19.9. The molecule has 3 heterocycles. The van der Waals surface area contributed by atoms with Crippen LogP contribution in [0, 0.1) is 29.1 Å². The van der Waals surface area contributed by atoms with Crippen LogP contribution in [0.25, 0.3) is 0 Å². The Morgan fingerprint density at radius 2 is 1.27 bits per heavy atom. The van der Waals surface area contributed by atoms with Gasteiger partial charge in [-0.25, -0.2) is 4.79 Å². The number of carbonyl (C=O) groups is 3. The Balaban J connectivity index is 0.000000243. The number of hydrogen-bond acceptors (Lipinski definition) is 22. The van der Waals surface area contributed by atoms with E-state index >= 15 is 0 Å². The third-order valence-corrected chi connectivity index (χ3v) is 19.1. The smallest absolute Gasteiger partial charge is 0.394 e. The molecular weight excluding hydrogens is 1130 g/mol. The lowest BCUT2D eigenvalue weighted by atomic mass is 9.49. The number of rotatable bonds is 14. The molecule has 10 rings (SSSR count). The Hall–Kier alpha value is -3.84. The first-order valence-electron chi connectivity index (χ1n) is 27.2. The minimum atomic E-state index is -4.67. The Morgan fingerprint density at radius 3 is 1.78 bits per heavy atom. The topological polar surface area (TPSA) is 398 Å². The number of benzene rings is 2. The van der Waals surface area contributed by atoms with E-state index in [2.05, 4.69) is 33.1 Å². The van der Waals surface area contributed by atoms with Crippen LogP contribution in [0.4, 0.5) is 11.4 Å². The molecule has 7 fully saturated rings. The van der Waals surface area contributed by atoms with Crippen molar-refractivity contribution in [2.24, 2.45) is 29.1 Å². The number of aliphatic hydroxyl groups excluding tert-OH is 3. The van der Waals surface area contributed by atoms with E-state index in [1.54, 1.807) is 39.0 Å². The predicted octanol–water partition coefficient (Wildman–Crippen LogP) is 1.04. The lowest BCUT2D eigenvalue weighted by molar-refractivity contribution is -0.354. The fraction of sp³-hybridized carbons (Fsp3) is 0.685. The van der Waals surface area contributed by atoms with Gasteiger partial charge >= 0.3 is 16.4 Å². The van der Waals surface area contributed by atoms with E-state index in [1.165, 1.54) is 12.1 Å². The molecule has 24 nitrogen and oxygen atoms in total. The molecule has 3 saturated heterocycles. The van der Waals surface area contributed by atoms with Gasteiger partial charge in [0.05, 0.1) is 47.2 Å². The van der Waals surface area contributed by atoms with Crippen molar-refractivity contribution in [3.8, 4) is 11.5 Å². The zero-order valence-electron chi connectivity index (χ0n) is 46.1. The summed E-state index contributed by atoms with van der Waals surface area (Å²) in [7, 11) is -4.67. The molecule has 5 aliphatic carbocycles. The minimum Gasteiger partial charge on any atom is -0.507 e. The normalized spacial score (nSPS) is 36.9. The number of allylic oxidation sites excluding steroid dienone is 1. The molecule has 0 radical (unpaired) electrons. The fourth-order valence-electron chi connectivity index (χ4n) is 15.4. The average Bonchev–Trinajstić information content (AvgIpc) is 2.00. The first-order chi connectivity index (χ1) is 37.0. The number of piperidine rings is 2. The van der Waals surface area contributed by atoms with Gasteiger partial charge in [0.2, 0.25) is 17.4 Å². The zero-order valence-corrected chi connectivity index (χ0v) is 48.5. The molecule has 0 amide bonds. The van der Waals surface area contributed by atoms with Gasteiger partial charge in [-0.2, -0.15) is 8.42 Å². The highest BCUT2D eigenvalue weighted by Crippen LogP contribution is 2.78. The van der Waals surface area contributed by atoms with Crippen LogP contribution in [-0.2, 0) is 24.7 Å². The lowest BCUT2D eigenvalue weighted by Crippen LogP contribution is -2.85. The third-order valence-electron chi connectivity index (χ3n) is 19.1. The van der Waals surface area contributed by atoms with Crippen molar-refractivity contribution < 1.29 is 92.4 Å².